The lowest BCUT2D eigenvalue weighted by Gasteiger charge is -2.18. The molecule has 0 radical (unpaired) electrons. The lowest BCUT2D eigenvalue weighted by Crippen LogP contribution is -2.08. The van der Waals surface area contributed by atoms with Crippen molar-refractivity contribution >= 4 is 91.8 Å². The summed E-state index contributed by atoms with van der Waals surface area (Å²) in [6.45, 7) is 6.83. The smallest absolute Gasteiger partial charge is 0.160 e. The maximum absolute atomic E-state index is 5.68. The molecule has 3 heteroatoms. The van der Waals surface area contributed by atoms with E-state index in [4.69, 9.17) is 9.98 Å². The quantitative estimate of drug-likeness (QED) is 0.117. The van der Waals surface area contributed by atoms with Gasteiger partial charge in [-0.2, -0.15) is 0 Å². The van der Waals surface area contributed by atoms with E-state index in [1.807, 2.05) is 11.3 Å². The van der Waals surface area contributed by atoms with E-state index in [2.05, 4.69) is 232 Å². The highest BCUT2D eigenvalue weighted by molar-refractivity contribution is 7.26. The lowest BCUT2D eigenvalue weighted by atomic mass is 9.86. The molecule has 1 saturated carbocycles. The summed E-state index contributed by atoms with van der Waals surface area (Å²) in [5, 5.41) is 12.7. The van der Waals surface area contributed by atoms with E-state index >= 15 is 0 Å². The van der Waals surface area contributed by atoms with Gasteiger partial charge < -0.3 is 0 Å². The van der Waals surface area contributed by atoms with Crippen molar-refractivity contribution < 1.29 is 0 Å². The fourth-order valence-corrected chi connectivity index (χ4v) is 13.1. The van der Waals surface area contributed by atoms with Gasteiger partial charge in [0.05, 0.1) is 5.70 Å². The molecule has 0 aliphatic heterocycles. The largest absolute Gasteiger partial charge is 0.233 e. The van der Waals surface area contributed by atoms with Crippen LogP contribution in [0.2, 0.25) is 0 Å². The number of amidine groups is 1. The molecule has 330 valence electrons. The van der Waals surface area contributed by atoms with Gasteiger partial charge in [0, 0.05) is 42.6 Å². The zero-order valence-corrected chi connectivity index (χ0v) is 39.6. The van der Waals surface area contributed by atoms with Gasteiger partial charge in [0.15, 0.2) is 5.84 Å². The minimum Gasteiger partial charge on any atom is -0.233 e. The molecular formula is C67H46N2S. The minimum atomic E-state index is 0.279. The van der Waals surface area contributed by atoms with Crippen molar-refractivity contribution in [3.63, 3.8) is 0 Å². The van der Waals surface area contributed by atoms with Crippen LogP contribution in [0.3, 0.4) is 0 Å². The number of aliphatic imine (C=N–C) groups is 2. The van der Waals surface area contributed by atoms with Crippen molar-refractivity contribution in [3.05, 3.63) is 258 Å². The van der Waals surface area contributed by atoms with Crippen LogP contribution in [0, 0.1) is 5.92 Å². The number of rotatable bonds is 6. The third-order valence-electron chi connectivity index (χ3n) is 15.3. The summed E-state index contributed by atoms with van der Waals surface area (Å²) in [6, 6.07) is 80.2. The first kappa shape index (κ1) is 40.8. The molecule has 1 aromatic heterocycles. The molecule has 14 rings (SSSR count). The van der Waals surface area contributed by atoms with Crippen LogP contribution in [0.5, 0.6) is 0 Å². The Kier molecular flexibility index (Phi) is 9.44. The third kappa shape index (κ3) is 6.68. The maximum Gasteiger partial charge on any atom is 0.160 e. The number of hydrogen-bond donors (Lipinski definition) is 0. The molecular weight excluding hydrogens is 865 g/mol. The predicted octanol–water partition coefficient (Wildman–Crippen LogP) is 18.0. The van der Waals surface area contributed by atoms with Crippen LogP contribution in [0.25, 0.3) is 91.2 Å². The van der Waals surface area contributed by atoms with E-state index in [1.54, 1.807) is 0 Å². The summed E-state index contributed by atoms with van der Waals surface area (Å²) in [5.41, 5.74) is 14.1. The van der Waals surface area contributed by atoms with Crippen LogP contribution in [-0.4, -0.2) is 11.5 Å². The highest BCUT2D eigenvalue weighted by Crippen LogP contribution is 2.67. The second kappa shape index (κ2) is 16.2. The van der Waals surface area contributed by atoms with E-state index in [1.165, 1.54) is 85.9 Å². The lowest BCUT2D eigenvalue weighted by molar-refractivity contribution is 0.785. The van der Waals surface area contributed by atoms with Crippen LogP contribution >= 0.6 is 11.3 Å². The number of benzene rings is 11. The molecule has 70 heavy (non-hydrogen) atoms. The molecule has 2 aliphatic carbocycles. The molecule has 0 amide bonds. The predicted molar refractivity (Wildman–Crippen MR) is 300 cm³/mol. The zero-order chi connectivity index (χ0) is 46.5. The average molecular weight is 911 g/mol. The fraction of sp³-hybridized carbons (Fsp3) is 0.0746. The van der Waals surface area contributed by atoms with Gasteiger partial charge >= 0.3 is 0 Å². The first-order valence-corrected chi connectivity index (χ1v) is 25.2. The van der Waals surface area contributed by atoms with Crippen LogP contribution in [0.1, 0.15) is 52.1 Å². The Morgan fingerprint density at radius 3 is 1.91 bits per heavy atom. The van der Waals surface area contributed by atoms with Crippen molar-refractivity contribution in [2.75, 3.05) is 0 Å². The molecule has 0 saturated heterocycles. The summed E-state index contributed by atoms with van der Waals surface area (Å²) in [5.74, 6) is 1.67. The minimum absolute atomic E-state index is 0.279. The van der Waals surface area contributed by atoms with Gasteiger partial charge in [-0.25, -0.2) is 9.98 Å². The van der Waals surface area contributed by atoms with Gasteiger partial charge in [-0.15, -0.1) is 11.3 Å². The monoisotopic (exact) mass is 910 g/mol. The van der Waals surface area contributed by atoms with Gasteiger partial charge in [-0.3, -0.25) is 0 Å². The fourth-order valence-electron chi connectivity index (χ4n) is 12.0. The van der Waals surface area contributed by atoms with Crippen LogP contribution in [0.4, 0.5) is 0 Å². The van der Waals surface area contributed by atoms with Gasteiger partial charge in [0.2, 0.25) is 0 Å². The van der Waals surface area contributed by atoms with Crippen LogP contribution in [0.15, 0.2) is 235 Å². The Balaban J connectivity index is 0.991. The van der Waals surface area contributed by atoms with Crippen LogP contribution in [-0.2, 0) is 6.42 Å². The molecule has 1 fully saturated rings. The van der Waals surface area contributed by atoms with Gasteiger partial charge in [0.25, 0.3) is 0 Å². The Labute approximate surface area is 411 Å². The molecule has 0 bridgehead atoms. The van der Waals surface area contributed by atoms with Gasteiger partial charge in [-0.1, -0.05) is 195 Å². The van der Waals surface area contributed by atoms with Crippen molar-refractivity contribution in [2.45, 2.75) is 25.2 Å². The standard InChI is InChI=1S/C67H46N2S/c1-40(51-29-15-23-43-18-8-11-26-52(43)51)68-67(49-25-14-24-46(34-49)42-16-4-3-5-17-42)69-41(2)56-39-62-59(64-54-28-13-10-20-45(54)31-33-61(64)70-62)38-58(56)66-60-37-50-35-47-21-6-7-22-48(47)36-57(50)63-53-27-12-9-19-44(53)30-32-55(63)65(60)66/h3-36,38-39,60,65-66H,1,37H2,2H3. The number of thiophene rings is 1. The Hall–Kier alpha value is -8.24. The molecule has 11 aromatic carbocycles. The normalized spacial score (nSPS) is 16.7. The Morgan fingerprint density at radius 1 is 0.471 bits per heavy atom. The van der Waals surface area contributed by atoms with Gasteiger partial charge in [-0.05, 0) is 143 Å². The van der Waals surface area contributed by atoms with E-state index in [-0.39, 0.29) is 5.92 Å². The molecule has 12 aromatic rings. The van der Waals surface area contributed by atoms with Crippen molar-refractivity contribution in [2.24, 2.45) is 15.9 Å². The highest BCUT2D eigenvalue weighted by Gasteiger charge is 2.54. The Bertz CT molecular complexity index is 4200. The molecule has 1 heterocycles. The summed E-state index contributed by atoms with van der Waals surface area (Å²) >= 11 is 1.88. The number of nitrogens with zero attached hydrogens (tertiary/aromatic N) is 2. The SMILES string of the molecule is C=C(N=C(N=C(C)c1cc2sc3ccc4ccccc4c3c2cc1C1C2Cc3cc4ccccc4cc3-c3c(ccc4ccccc34)C21)c1cccc(-c2ccccc2)c1)c1cccc2ccccc12. The first-order valence-electron chi connectivity index (χ1n) is 24.4. The highest BCUT2D eigenvalue weighted by atomic mass is 32.1. The van der Waals surface area contributed by atoms with Crippen molar-refractivity contribution in [1.29, 1.82) is 0 Å². The molecule has 0 spiro atoms. The van der Waals surface area contributed by atoms with E-state index < -0.39 is 0 Å². The number of fused-ring (bicyclic) bond motifs is 14. The second-order valence-electron chi connectivity index (χ2n) is 19.3. The zero-order valence-electron chi connectivity index (χ0n) is 38.7. The average Bonchev–Trinajstić information content (AvgIpc) is 4.02. The maximum atomic E-state index is 5.68. The summed E-state index contributed by atoms with van der Waals surface area (Å²) in [4.78, 5) is 11.1. The van der Waals surface area contributed by atoms with E-state index in [9.17, 15) is 0 Å². The second-order valence-corrected chi connectivity index (χ2v) is 20.4. The first-order chi connectivity index (χ1) is 34.5. The Morgan fingerprint density at radius 2 is 1.10 bits per heavy atom. The summed E-state index contributed by atoms with van der Waals surface area (Å²) < 4.78 is 2.58. The summed E-state index contributed by atoms with van der Waals surface area (Å²) in [6.07, 6.45) is 1.00. The molecule has 3 unspecified atom stereocenters. The molecule has 0 N–H and O–H groups in total. The van der Waals surface area contributed by atoms with Crippen LogP contribution < -0.4 is 0 Å². The molecule has 2 nitrogen and oxygen atoms in total. The topological polar surface area (TPSA) is 24.7 Å². The number of hydrogen-bond acceptors (Lipinski definition) is 2. The molecule has 2 aliphatic rings. The third-order valence-corrected chi connectivity index (χ3v) is 16.4. The van der Waals surface area contributed by atoms with E-state index in [0.29, 0.717) is 23.4 Å². The van der Waals surface area contributed by atoms with Crippen molar-refractivity contribution in [3.8, 4) is 22.3 Å². The molecule has 3 atom stereocenters. The van der Waals surface area contributed by atoms with Crippen molar-refractivity contribution in [1.82, 2.24) is 0 Å². The summed E-state index contributed by atoms with van der Waals surface area (Å²) in [7, 11) is 0. The van der Waals surface area contributed by atoms with E-state index in [0.717, 1.165) is 45.2 Å². The van der Waals surface area contributed by atoms with Gasteiger partial charge in [0.1, 0.15) is 0 Å².